The van der Waals surface area contributed by atoms with Crippen LogP contribution >= 0.6 is 0 Å². The molecule has 5 heteroatoms. The number of furan rings is 1. The molecule has 0 aromatic carbocycles. The topological polar surface area (TPSA) is 62.6 Å². The van der Waals surface area contributed by atoms with Crippen LogP contribution in [0.15, 0.2) is 22.8 Å². The third kappa shape index (κ3) is 4.62. The summed E-state index contributed by atoms with van der Waals surface area (Å²) in [6.45, 7) is 2.63. The van der Waals surface area contributed by atoms with Gasteiger partial charge in [-0.05, 0) is 25.0 Å². The van der Waals surface area contributed by atoms with Gasteiger partial charge in [-0.15, -0.1) is 0 Å². The van der Waals surface area contributed by atoms with Crippen molar-refractivity contribution in [3.8, 4) is 0 Å². The molecule has 2 rings (SSSR count). The first-order valence-corrected chi connectivity index (χ1v) is 7.77. The Morgan fingerprint density at radius 1 is 1.29 bits per heavy atom. The van der Waals surface area contributed by atoms with Crippen molar-refractivity contribution in [2.45, 2.75) is 51.5 Å². The zero-order valence-electron chi connectivity index (χ0n) is 12.6. The monoisotopic (exact) mass is 292 g/mol. The van der Waals surface area contributed by atoms with Crippen LogP contribution in [-0.4, -0.2) is 35.8 Å². The third-order valence-corrected chi connectivity index (χ3v) is 4.05. The molecular weight excluding hydrogens is 268 g/mol. The highest BCUT2D eigenvalue weighted by molar-refractivity contribution is 5.91. The van der Waals surface area contributed by atoms with Crippen LogP contribution in [0.4, 0.5) is 0 Å². The summed E-state index contributed by atoms with van der Waals surface area (Å²) in [5.74, 6) is 0.164. The van der Waals surface area contributed by atoms with E-state index in [9.17, 15) is 9.59 Å². The molecule has 1 N–H and O–H groups in total. The molecule has 0 radical (unpaired) electrons. The molecule has 0 aliphatic heterocycles. The third-order valence-electron chi connectivity index (χ3n) is 4.05. The molecule has 1 aliphatic carbocycles. The van der Waals surface area contributed by atoms with Gasteiger partial charge in [0.2, 0.25) is 5.91 Å². The maximum absolute atomic E-state index is 11.9. The minimum Gasteiger partial charge on any atom is -0.459 e. The molecule has 1 aromatic rings. The van der Waals surface area contributed by atoms with Crippen molar-refractivity contribution >= 4 is 11.8 Å². The predicted molar refractivity (Wildman–Crippen MR) is 79.9 cm³/mol. The standard InChI is InChI=1S/C16H24N2O3/c1-13(19)18(14-7-4-2-3-5-8-14)11-10-17-16(20)15-9-6-12-21-15/h6,9,12,14H,2-5,7-8,10-11H2,1H3,(H,17,20). The Hall–Kier alpha value is -1.78. The lowest BCUT2D eigenvalue weighted by Gasteiger charge is -2.30. The van der Waals surface area contributed by atoms with Crippen molar-refractivity contribution in [1.29, 1.82) is 0 Å². The highest BCUT2D eigenvalue weighted by Crippen LogP contribution is 2.21. The van der Waals surface area contributed by atoms with Crippen LogP contribution in [0.1, 0.15) is 56.0 Å². The van der Waals surface area contributed by atoms with Gasteiger partial charge in [0.1, 0.15) is 0 Å². The van der Waals surface area contributed by atoms with Crippen molar-refractivity contribution < 1.29 is 14.0 Å². The molecule has 5 nitrogen and oxygen atoms in total. The second-order valence-electron chi connectivity index (χ2n) is 5.59. The fourth-order valence-electron chi connectivity index (χ4n) is 2.95. The van der Waals surface area contributed by atoms with Crippen molar-refractivity contribution in [3.63, 3.8) is 0 Å². The molecule has 0 atom stereocenters. The molecule has 0 saturated heterocycles. The maximum atomic E-state index is 11.9. The van der Waals surface area contributed by atoms with Gasteiger partial charge >= 0.3 is 0 Å². The summed E-state index contributed by atoms with van der Waals surface area (Å²) in [5.41, 5.74) is 0. The zero-order chi connectivity index (χ0) is 15.1. The van der Waals surface area contributed by atoms with Crippen molar-refractivity contribution in [3.05, 3.63) is 24.2 Å². The summed E-state index contributed by atoms with van der Waals surface area (Å²) < 4.78 is 5.04. The zero-order valence-corrected chi connectivity index (χ0v) is 12.6. The van der Waals surface area contributed by atoms with Gasteiger partial charge in [-0.1, -0.05) is 25.7 Å². The van der Waals surface area contributed by atoms with E-state index in [2.05, 4.69) is 5.32 Å². The summed E-state index contributed by atoms with van der Waals surface area (Å²) in [7, 11) is 0. The summed E-state index contributed by atoms with van der Waals surface area (Å²) >= 11 is 0. The van der Waals surface area contributed by atoms with Gasteiger partial charge in [-0.25, -0.2) is 0 Å². The molecule has 1 aliphatic rings. The number of hydrogen-bond acceptors (Lipinski definition) is 3. The number of nitrogens with zero attached hydrogens (tertiary/aromatic N) is 1. The van der Waals surface area contributed by atoms with E-state index >= 15 is 0 Å². The van der Waals surface area contributed by atoms with Gasteiger partial charge in [0.25, 0.3) is 5.91 Å². The average Bonchev–Trinajstić information content (AvgIpc) is 2.87. The highest BCUT2D eigenvalue weighted by atomic mass is 16.3. The second kappa shape index (κ2) is 7.86. The number of hydrogen-bond donors (Lipinski definition) is 1. The normalized spacial score (nSPS) is 16.2. The fraction of sp³-hybridized carbons (Fsp3) is 0.625. The van der Waals surface area contributed by atoms with E-state index in [-0.39, 0.29) is 11.8 Å². The minimum atomic E-state index is -0.232. The van der Waals surface area contributed by atoms with Crippen molar-refractivity contribution in [2.75, 3.05) is 13.1 Å². The lowest BCUT2D eigenvalue weighted by molar-refractivity contribution is -0.131. The van der Waals surface area contributed by atoms with E-state index < -0.39 is 0 Å². The SMILES string of the molecule is CC(=O)N(CCNC(=O)c1ccco1)C1CCCCCC1. The van der Waals surface area contributed by atoms with E-state index in [0.29, 0.717) is 24.9 Å². The number of rotatable bonds is 5. The number of carbonyl (C=O) groups is 2. The Balaban J connectivity index is 1.82. The molecule has 1 aromatic heterocycles. The molecule has 0 unspecified atom stereocenters. The first kappa shape index (κ1) is 15.6. The Kier molecular flexibility index (Phi) is 5.84. The number of nitrogens with one attached hydrogen (secondary N) is 1. The van der Waals surface area contributed by atoms with Crippen LogP contribution in [0.5, 0.6) is 0 Å². The van der Waals surface area contributed by atoms with Crippen molar-refractivity contribution in [1.82, 2.24) is 10.2 Å². The molecule has 21 heavy (non-hydrogen) atoms. The van der Waals surface area contributed by atoms with Crippen LogP contribution in [0.2, 0.25) is 0 Å². The Morgan fingerprint density at radius 3 is 2.57 bits per heavy atom. The molecule has 116 valence electrons. The van der Waals surface area contributed by atoms with E-state index in [1.54, 1.807) is 19.1 Å². The summed E-state index contributed by atoms with van der Waals surface area (Å²) in [6, 6.07) is 3.64. The van der Waals surface area contributed by atoms with Gasteiger partial charge in [0.15, 0.2) is 5.76 Å². The van der Waals surface area contributed by atoms with Crippen LogP contribution < -0.4 is 5.32 Å². The van der Waals surface area contributed by atoms with E-state index in [1.165, 1.54) is 31.9 Å². The van der Waals surface area contributed by atoms with Gasteiger partial charge in [-0.3, -0.25) is 9.59 Å². The van der Waals surface area contributed by atoms with E-state index in [0.717, 1.165) is 12.8 Å². The van der Waals surface area contributed by atoms with E-state index in [4.69, 9.17) is 4.42 Å². The second-order valence-corrected chi connectivity index (χ2v) is 5.59. The first-order valence-electron chi connectivity index (χ1n) is 7.77. The Labute approximate surface area is 125 Å². The fourth-order valence-corrected chi connectivity index (χ4v) is 2.95. The van der Waals surface area contributed by atoms with E-state index in [1.807, 2.05) is 4.90 Å². The van der Waals surface area contributed by atoms with Crippen molar-refractivity contribution in [2.24, 2.45) is 0 Å². The molecule has 2 amide bonds. The average molecular weight is 292 g/mol. The Morgan fingerprint density at radius 2 is 2.00 bits per heavy atom. The molecule has 0 spiro atoms. The van der Waals surface area contributed by atoms with Gasteiger partial charge < -0.3 is 14.6 Å². The highest BCUT2D eigenvalue weighted by Gasteiger charge is 2.22. The maximum Gasteiger partial charge on any atom is 0.287 e. The van der Waals surface area contributed by atoms with Crippen LogP contribution in [0.25, 0.3) is 0 Å². The number of amides is 2. The lowest BCUT2D eigenvalue weighted by atomic mass is 10.1. The molecule has 1 saturated carbocycles. The van der Waals surface area contributed by atoms with Gasteiger partial charge in [0.05, 0.1) is 6.26 Å². The van der Waals surface area contributed by atoms with Crippen LogP contribution in [0, 0.1) is 0 Å². The molecule has 1 heterocycles. The predicted octanol–water partition coefficient (Wildman–Crippen LogP) is 2.58. The Bertz CT molecular complexity index is 448. The number of carbonyl (C=O) groups excluding carboxylic acids is 2. The summed E-state index contributed by atoms with van der Waals surface area (Å²) in [6.07, 6.45) is 8.52. The largest absolute Gasteiger partial charge is 0.459 e. The molecule has 1 fully saturated rings. The molecule has 0 bridgehead atoms. The molecular formula is C16H24N2O3. The van der Waals surface area contributed by atoms with Gasteiger partial charge in [0, 0.05) is 26.1 Å². The quantitative estimate of drug-likeness (QED) is 0.848. The summed E-state index contributed by atoms with van der Waals surface area (Å²) in [4.78, 5) is 25.5. The summed E-state index contributed by atoms with van der Waals surface area (Å²) in [5, 5.41) is 2.80. The van der Waals surface area contributed by atoms with Gasteiger partial charge in [-0.2, -0.15) is 0 Å². The first-order chi connectivity index (χ1) is 10.2. The smallest absolute Gasteiger partial charge is 0.287 e. The van der Waals surface area contributed by atoms with Crippen LogP contribution in [0.3, 0.4) is 0 Å². The van der Waals surface area contributed by atoms with Crippen LogP contribution in [-0.2, 0) is 4.79 Å². The minimum absolute atomic E-state index is 0.0918. The lowest BCUT2D eigenvalue weighted by Crippen LogP contribution is -2.43.